The highest BCUT2D eigenvalue weighted by atomic mass is 16.5. The van der Waals surface area contributed by atoms with Crippen molar-refractivity contribution in [1.82, 2.24) is 4.90 Å². The van der Waals surface area contributed by atoms with Gasteiger partial charge in [0, 0.05) is 13.6 Å². The van der Waals surface area contributed by atoms with Crippen LogP contribution in [-0.2, 0) is 16.1 Å². The SMILES string of the molecule is CC[C@H](C)OCC(=O)N(C)Cc1ccc(O)cc1. The molecule has 0 saturated carbocycles. The first kappa shape index (κ1) is 14.5. The van der Waals surface area contributed by atoms with Crippen molar-refractivity contribution in [2.24, 2.45) is 0 Å². The zero-order chi connectivity index (χ0) is 13.5. The number of hydrogen-bond donors (Lipinski definition) is 1. The molecular formula is C14H21NO3. The van der Waals surface area contributed by atoms with E-state index in [2.05, 4.69) is 0 Å². The van der Waals surface area contributed by atoms with Gasteiger partial charge in [0.15, 0.2) is 0 Å². The van der Waals surface area contributed by atoms with Crippen LogP contribution in [0.1, 0.15) is 25.8 Å². The third-order valence-corrected chi connectivity index (χ3v) is 2.85. The number of carbonyl (C=O) groups excluding carboxylic acids is 1. The predicted molar refractivity (Wildman–Crippen MR) is 70.3 cm³/mol. The van der Waals surface area contributed by atoms with E-state index >= 15 is 0 Å². The van der Waals surface area contributed by atoms with Crippen LogP contribution in [0.3, 0.4) is 0 Å². The minimum absolute atomic E-state index is 0.0385. The Labute approximate surface area is 108 Å². The molecule has 4 nitrogen and oxygen atoms in total. The second kappa shape index (κ2) is 7.01. The lowest BCUT2D eigenvalue weighted by molar-refractivity contribution is -0.137. The van der Waals surface area contributed by atoms with Crippen LogP contribution in [-0.4, -0.2) is 35.7 Å². The summed E-state index contributed by atoms with van der Waals surface area (Å²) in [5.74, 6) is 0.191. The zero-order valence-electron chi connectivity index (χ0n) is 11.2. The lowest BCUT2D eigenvalue weighted by Crippen LogP contribution is -2.31. The van der Waals surface area contributed by atoms with Gasteiger partial charge < -0.3 is 14.7 Å². The molecule has 0 spiro atoms. The van der Waals surface area contributed by atoms with Crippen molar-refractivity contribution in [2.75, 3.05) is 13.7 Å². The van der Waals surface area contributed by atoms with Crippen molar-refractivity contribution < 1.29 is 14.6 Å². The van der Waals surface area contributed by atoms with Crippen LogP contribution in [0.15, 0.2) is 24.3 Å². The number of amides is 1. The average Bonchev–Trinajstić information content (AvgIpc) is 2.38. The van der Waals surface area contributed by atoms with Crippen molar-refractivity contribution in [2.45, 2.75) is 32.9 Å². The van der Waals surface area contributed by atoms with Gasteiger partial charge in [-0.1, -0.05) is 19.1 Å². The molecule has 1 amide bonds. The van der Waals surface area contributed by atoms with Gasteiger partial charge in [0.1, 0.15) is 12.4 Å². The van der Waals surface area contributed by atoms with Gasteiger partial charge in [0.05, 0.1) is 6.10 Å². The summed E-state index contributed by atoms with van der Waals surface area (Å²) in [7, 11) is 1.75. The molecule has 0 bridgehead atoms. The summed E-state index contributed by atoms with van der Waals surface area (Å²) in [6, 6.07) is 6.83. The van der Waals surface area contributed by atoms with Gasteiger partial charge in [0.25, 0.3) is 0 Å². The predicted octanol–water partition coefficient (Wildman–Crippen LogP) is 2.17. The van der Waals surface area contributed by atoms with Gasteiger partial charge >= 0.3 is 0 Å². The average molecular weight is 251 g/mol. The van der Waals surface area contributed by atoms with E-state index in [4.69, 9.17) is 4.74 Å². The van der Waals surface area contributed by atoms with Crippen LogP contribution in [0.4, 0.5) is 0 Å². The molecule has 1 atom stereocenters. The van der Waals surface area contributed by atoms with Gasteiger partial charge in [-0.05, 0) is 31.0 Å². The van der Waals surface area contributed by atoms with Crippen LogP contribution in [0, 0.1) is 0 Å². The van der Waals surface area contributed by atoms with Gasteiger partial charge in [0.2, 0.25) is 5.91 Å². The van der Waals surface area contributed by atoms with Crippen molar-refractivity contribution in [3.63, 3.8) is 0 Å². The van der Waals surface area contributed by atoms with Crippen molar-refractivity contribution >= 4 is 5.91 Å². The highest BCUT2D eigenvalue weighted by Gasteiger charge is 2.11. The Morgan fingerprint density at radius 2 is 2.00 bits per heavy atom. The van der Waals surface area contributed by atoms with E-state index in [1.807, 2.05) is 13.8 Å². The maximum atomic E-state index is 11.8. The fraction of sp³-hybridized carbons (Fsp3) is 0.500. The molecular weight excluding hydrogens is 230 g/mol. The van der Waals surface area contributed by atoms with Crippen LogP contribution in [0.2, 0.25) is 0 Å². The van der Waals surface area contributed by atoms with Crippen LogP contribution in [0.25, 0.3) is 0 Å². The second-order valence-corrected chi connectivity index (χ2v) is 4.45. The molecule has 0 aliphatic heterocycles. The maximum absolute atomic E-state index is 11.8. The molecule has 18 heavy (non-hydrogen) atoms. The molecule has 1 N–H and O–H groups in total. The number of phenols is 1. The number of likely N-dealkylation sites (N-methyl/N-ethyl adjacent to an activating group) is 1. The zero-order valence-corrected chi connectivity index (χ0v) is 11.2. The molecule has 1 aromatic rings. The summed E-state index contributed by atoms with van der Waals surface area (Å²) in [5.41, 5.74) is 0.979. The van der Waals surface area contributed by atoms with E-state index in [9.17, 15) is 9.90 Å². The molecule has 1 aromatic carbocycles. The van der Waals surface area contributed by atoms with E-state index in [1.165, 1.54) is 0 Å². The molecule has 0 aliphatic carbocycles. The number of rotatable bonds is 6. The molecule has 0 fully saturated rings. The summed E-state index contributed by atoms with van der Waals surface area (Å²) in [6.07, 6.45) is 1.01. The van der Waals surface area contributed by atoms with Gasteiger partial charge in [-0.15, -0.1) is 0 Å². The number of carbonyl (C=O) groups is 1. The minimum atomic E-state index is -0.0385. The first-order valence-electron chi connectivity index (χ1n) is 6.16. The number of aromatic hydroxyl groups is 1. The fourth-order valence-electron chi connectivity index (χ4n) is 1.40. The standard InChI is InChI=1S/C14H21NO3/c1-4-11(2)18-10-14(17)15(3)9-12-5-7-13(16)8-6-12/h5-8,11,16H,4,9-10H2,1-3H3/t11-/m0/s1. The fourth-order valence-corrected chi connectivity index (χ4v) is 1.40. The molecule has 0 heterocycles. The highest BCUT2D eigenvalue weighted by Crippen LogP contribution is 2.11. The molecule has 0 aromatic heterocycles. The Morgan fingerprint density at radius 1 is 1.39 bits per heavy atom. The molecule has 4 heteroatoms. The van der Waals surface area contributed by atoms with Crippen molar-refractivity contribution in [3.8, 4) is 5.75 Å². The quantitative estimate of drug-likeness (QED) is 0.843. The van der Waals surface area contributed by atoms with Gasteiger partial charge in [-0.25, -0.2) is 0 Å². The van der Waals surface area contributed by atoms with E-state index in [0.29, 0.717) is 6.54 Å². The first-order chi connectivity index (χ1) is 8.52. The maximum Gasteiger partial charge on any atom is 0.248 e. The number of phenolic OH excluding ortho intramolecular Hbond substituents is 1. The molecule has 1 rings (SSSR count). The third kappa shape index (κ3) is 4.75. The van der Waals surface area contributed by atoms with E-state index in [-0.39, 0.29) is 24.4 Å². The molecule has 0 unspecified atom stereocenters. The number of ether oxygens (including phenoxy) is 1. The first-order valence-corrected chi connectivity index (χ1v) is 6.16. The number of nitrogens with zero attached hydrogens (tertiary/aromatic N) is 1. The third-order valence-electron chi connectivity index (χ3n) is 2.85. The Balaban J connectivity index is 2.42. The van der Waals surface area contributed by atoms with Gasteiger partial charge in [-0.3, -0.25) is 4.79 Å². The minimum Gasteiger partial charge on any atom is -0.508 e. The van der Waals surface area contributed by atoms with E-state index in [1.54, 1.807) is 36.2 Å². The lowest BCUT2D eigenvalue weighted by Gasteiger charge is -2.18. The van der Waals surface area contributed by atoms with Crippen LogP contribution in [0.5, 0.6) is 5.75 Å². The molecule has 0 aliphatic rings. The monoisotopic (exact) mass is 251 g/mol. The Morgan fingerprint density at radius 3 is 2.56 bits per heavy atom. The molecule has 0 saturated heterocycles. The number of benzene rings is 1. The summed E-state index contributed by atoms with van der Waals surface area (Å²) in [4.78, 5) is 13.4. The Kier molecular flexibility index (Phi) is 5.65. The van der Waals surface area contributed by atoms with E-state index < -0.39 is 0 Å². The Hall–Kier alpha value is -1.55. The van der Waals surface area contributed by atoms with E-state index in [0.717, 1.165) is 12.0 Å². The van der Waals surface area contributed by atoms with Crippen molar-refractivity contribution in [1.29, 1.82) is 0 Å². The summed E-state index contributed by atoms with van der Waals surface area (Å²) in [5, 5.41) is 9.17. The molecule has 0 radical (unpaired) electrons. The summed E-state index contributed by atoms with van der Waals surface area (Å²) >= 11 is 0. The second-order valence-electron chi connectivity index (χ2n) is 4.45. The summed E-state index contributed by atoms with van der Waals surface area (Å²) in [6.45, 7) is 4.61. The smallest absolute Gasteiger partial charge is 0.248 e. The largest absolute Gasteiger partial charge is 0.508 e. The Bertz CT molecular complexity index is 375. The van der Waals surface area contributed by atoms with Crippen LogP contribution < -0.4 is 0 Å². The van der Waals surface area contributed by atoms with Crippen molar-refractivity contribution in [3.05, 3.63) is 29.8 Å². The summed E-state index contributed by atoms with van der Waals surface area (Å²) < 4.78 is 5.40. The number of hydrogen-bond acceptors (Lipinski definition) is 3. The van der Waals surface area contributed by atoms with Gasteiger partial charge in [-0.2, -0.15) is 0 Å². The van der Waals surface area contributed by atoms with Crippen LogP contribution >= 0.6 is 0 Å². The normalized spacial score (nSPS) is 12.2. The molecule has 100 valence electrons. The highest BCUT2D eigenvalue weighted by molar-refractivity contribution is 5.77. The topological polar surface area (TPSA) is 49.8 Å². The lowest BCUT2D eigenvalue weighted by atomic mass is 10.2.